The third kappa shape index (κ3) is 2.91. The molecule has 0 spiro atoms. The Balaban J connectivity index is 1.78. The third-order valence-electron chi connectivity index (χ3n) is 5.43. The lowest BCUT2D eigenvalue weighted by atomic mass is 9.79. The largest absolute Gasteiger partial charge is 0.477 e. The van der Waals surface area contributed by atoms with Crippen LogP contribution >= 0.6 is 11.8 Å². The van der Waals surface area contributed by atoms with Gasteiger partial charge in [-0.2, -0.15) is 0 Å². The van der Waals surface area contributed by atoms with Gasteiger partial charge in [0.15, 0.2) is 0 Å². The number of amides is 2. The van der Waals surface area contributed by atoms with Gasteiger partial charge in [-0.15, -0.1) is 11.8 Å². The molecule has 2 fully saturated rings. The maximum atomic E-state index is 12.3. The van der Waals surface area contributed by atoms with E-state index < -0.39 is 18.0 Å². The van der Waals surface area contributed by atoms with Crippen LogP contribution in [0.25, 0.3) is 0 Å². The number of nitrogens with zero attached hydrogens (tertiary/aromatic N) is 2. The summed E-state index contributed by atoms with van der Waals surface area (Å²) in [4.78, 5) is 39.8. The van der Waals surface area contributed by atoms with Gasteiger partial charge in [0.1, 0.15) is 5.70 Å². The van der Waals surface area contributed by atoms with E-state index in [-0.39, 0.29) is 40.8 Å². The number of β-lactam (4-membered cyclic amide) rings is 1. The fourth-order valence-corrected chi connectivity index (χ4v) is 5.63. The zero-order valence-electron chi connectivity index (χ0n) is 15.3. The number of nitrogens with one attached hydrogen (secondary N) is 1. The molecule has 6 atom stereocenters. The van der Waals surface area contributed by atoms with Crippen molar-refractivity contribution in [2.24, 2.45) is 11.8 Å². The molecule has 3 heterocycles. The number of aliphatic hydroxyl groups excluding tert-OH is 1. The number of carbonyl (C=O) groups is 3. The van der Waals surface area contributed by atoms with Gasteiger partial charge in [-0.1, -0.05) is 6.92 Å². The average Bonchev–Trinajstić information content (AvgIpc) is 3.09. The number of hydrogen-bond acceptors (Lipinski definition) is 6. The van der Waals surface area contributed by atoms with Gasteiger partial charge in [0.2, 0.25) is 11.8 Å². The molecule has 26 heavy (non-hydrogen) atoms. The van der Waals surface area contributed by atoms with Gasteiger partial charge < -0.3 is 25.3 Å². The molecular formula is C17H25N3O5S. The number of carboxylic acid groups (broad SMARTS) is 1. The average molecular weight is 383 g/mol. The Labute approximate surface area is 156 Å². The Hall–Kier alpha value is -1.58. The van der Waals surface area contributed by atoms with Crippen LogP contribution in [0, 0.1) is 11.8 Å². The predicted octanol–water partition coefficient (Wildman–Crippen LogP) is -0.308. The smallest absolute Gasteiger partial charge is 0.353 e. The minimum atomic E-state index is -1.12. The van der Waals surface area contributed by atoms with Crippen molar-refractivity contribution in [3.8, 4) is 0 Å². The molecule has 0 aliphatic carbocycles. The van der Waals surface area contributed by atoms with E-state index in [4.69, 9.17) is 0 Å². The number of likely N-dealkylation sites (N-methyl/N-ethyl adjacent to an activating group) is 1. The zero-order chi connectivity index (χ0) is 19.3. The van der Waals surface area contributed by atoms with Gasteiger partial charge >= 0.3 is 5.97 Å². The highest BCUT2D eigenvalue weighted by molar-refractivity contribution is 8.03. The molecule has 3 aliphatic rings. The standard InChI is InChI=1S/C17H25N3O5S/c1-7-12-11(8(2)21)16(23)20(12)13(17(24)25)14(7)26-9-5-10(18-6-9)15(22)19(3)4/h7-12,18,21H,5-6H2,1-4H3,(H,24,25)/t7-,8-,9+,10-,11-,12-/m1/s1. The van der Waals surface area contributed by atoms with E-state index in [1.807, 2.05) is 6.92 Å². The topological polar surface area (TPSA) is 110 Å². The Kier molecular flexibility index (Phi) is 5.06. The number of hydrogen-bond donors (Lipinski definition) is 3. The Bertz CT molecular complexity index is 677. The van der Waals surface area contributed by atoms with Crippen molar-refractivity contribution in [1.82, 2.24) is 15.1 Å². The van der Waals surface area contributed by atoms with Crippen LogP contribution in [-0.4, -0.2) is 81.9 Å². The summed E-state index contributed by atoms with van der Waals surface area (Å²) in [7, 11) is 3.42. The highest BCUT2D eigenvalue weighted by atomic mass is 32.2. The number of thioether (sulfide) groups is 1. The van der Waals surface area contributed by atoms with E-state index >= 15 is 0 Å². The second kappa shape index (κ2) is 6.86. The van der Waals surface area contributed by atoms with Crippen molar-refractivity contribution < 1.29 is 24.6 Å². The number of rotatable bonds is 5. The van der Waals surface area contributed by atoms with Gasteiger partial charge in [0, 0.05) is 36.7 Å². The first-order chi connectivity index (χ1) is 12.1. The molecule has 0 saturated carbocycles. The quantitative estimate of drug-likeness (QED) is 0.559. The maximum Gasteiger partial charge on any atom is 0.353 e. The number of carboxylic acids is 1. The summed E-state index contributed by atoms with van der Waals surface area (Å²) in [5, 5.41) is 22.8. The molecule has 144 valence electrons. The summed E-state index contributed by atoms with van der Waals surface area (Å²) < 4.78 is 0. The number of aliphatic carboxylic acids is 1. The molecule has 2 saturated heterocycles. The SMILES string of the molecule is C[C@@H](O)[C@H]1C(=O)N2C(C(=O)O)=C(S[C@@H]3CN[C@@H](C(=O)N(C)C)C3)[C@H](C)[C@H]12. The van der Waals surface area contributed by atoms with Crippen molar-refractivity contribution in [3.63, 3.8) is 0 Å². The number of fused-ring (bicyclic) bond motifs is 1. The van der Waals surface area contributed by atoms with Crippen LogP contribution in [0.4, 0.5) is 0 Å². The summed E-state index contributed by atoms with van der Waals surface area (Å²) in [5.41, 5.74) is 0.0387. The normalized spacial score (nSPS) is 34.6. The third-order valence-corrected chi connectivity index (χ3v) is 6.95. The molecule has 0 bridgehead atoms. The lowest BCUT2D eigenvalue weighted by Crippen LogP contribution is -2.63. The van der Waals surface area contributed by atoms with Crippen LogP contribution in [0.2, 0.25) is 0 Å². The Morgan fingerprint density at radius 1 is 1.38 bits per heavy atom. The second-order valence-corrected chi connectivity index (χ2v) is 8.78. The van der Waals surface area contributed by atoms with Crippen LogP contribution in [0.1, 0.15) is 20.3 Å². The van der Waals surface area contributed by atoms with E-state index in [1.54, 1.807) is 25.9 Å². The van der Waals surface area contributed by atoms with Crippen molar-refractivity contribution in [1.29, 1.82) is 0 Å². The molecule has 0 aromatic heterocycles. The molecule has 3 aliphatic heterocycles. The summed E-state index contributed by atoms with van der Waals surface area (Å²) in [6, 6.07) is -0.568. The van der Waals surface area contributed by atoms with Gasteiger partial charge in [-0.25, -0.2) is 4.79 Å². The summed E-state index contributed by atoms with van der Waals surface area (Å²) in [5.74, 6) is -2.14. The van der Waals surface area contributed by atoms with Crippen LogP contribution in [-0.2, 0) is 14.4 Å². The van der Waals surface area contributed by atoms with Crippen molar-refractivity contribution in [2.75, 3.05) is 20.6 Å². The minimum Gasteiger partial charge on any atom is -0.477 e. The summed E-state index contributed by atoms with van der Waals surface area (Å²) >= 11 is 1.45. The highest BCUT2D eigenvalue weighted by Gasteiger charge is 2.60. The predicted molar refractivity (Wildman–Crippen MR) is 96.1 cm³/mol. The van der Waals surface area contributed by atoms with Gasteiger partial charge in [-0.05, 0) is 13.3 Å². The van der Waals surface area contributed by atoms with Crippen molar-refractivity contribution in [3.05, 3.63) is 10.6 Å². The van der Waals surface area contributed by atoms with E-state index in [9.17, 15) is 24.6 Å². The molecule has 8 nitrogen and oxygen atoms in total. The van der Waals surface area contributed by atoms with Crippen molar-refractivity contribution in [2.45, 2.75) is 43.7 Å². The molecule has 0 radical (unpaired) electrons. The molecule has 9 heteroatoms. The summed E-state index contributed by atoms with van der Waals surface area (Å²) in [6.07, 6.45) is -0.190. The first-order valence-corrected chi connectivity index (χ1v) is 9.62. The van der Waals surface area contributed by atoms with E-state index in [2.05, 4.69) is 5.32 Å². The Morgan fingerprint density at radius 2 is 2.04 bits per heavy atom. The van der Waals surface area contributed by atoms with Gasteiger partial charge in [0.25, 0.3) is 0 Å². The molecule has 0 unspecified atom stereocenters. The van der Waals surface area contributed by atoms with Crippen LogP contribution in [0.15, 0.2) is 10.6 Å². The monoisotopic (exact) mass is 383 g/mol. The fraction of sp³-hybridized carbons (Fsp3) is 0.706. The molecule has 0 aromatic rings. The molecular weight excluding hydrogens is 358 g/mol. The number of carbonyl (C=O) groups excluding carboxylic acids is 2. The van der Waals surface area contributed by atoms with Crippen LogP contribution in [0.3, 0.4) is 0 Å². The van der Waals surface area contributed by atoms with Gasteiger partial charge in [0.05, 0.1) is 24.1 Å². The lowest BCUT2D eigenvalue weighted by Gasteiger charge is -2.46. The van der Waals surface area contributed by atoms with Crippen LogP contribution in [0.5, 0.6) is 0 Å². The first kappa shape index (κ1) is 19.2. The second-order valence-electron chi connectivity index (χ2n) is 7.44. The van der Waals surface area contributed by atoms with E-state index in [1.165, 1.54) is 16.7 Å². The maximum absolute atomic E-state index is 12.3. The first-order valence-electron chi connectivity index (χ1n) is 8.75. The molecule has 2 amide bonds. The summed E-state index contributed by atoms with van der Waals surface area (Å²) in [6.45, 7) is 4.08. The van der Waals surface area contributed by atoms with E-state index in [0.717, 1.165) is 0 Å². The van der Waals surface area contributed by atoms with Crippen molar-refractivity contribution >= 4 is 29.5 Å². The number of aliphatic hydroxyl groups is 1. The zero-order valence-corrected chi connectivity index (χ0v) is 16.1. The minimum absolute atomic E-state index is 0.00757. The lowest BCUT2D eigenvalue weighted by molar-refractivity contribution is -0.163. The molecule has 3 rings (SSSR count). The van der Waals surface area contributed by atoms with Gasteiger partial charge in [-0.3, -0.25) is 9.59 Å². The highest BCUT2D eigenvalue weighted by Crippen LogP contribution is 2.51. The Morgan fingerprint density at radius 3 is 2.58 bits per heavy atom. The van der Waals surface area contributed by atoms with E-state index in [0.29, 0.717) is 17.9 Å². The molecule has 3 N–H and O–H groups in total. The molecule has 0 aromatic carbocycles. The van der Waals surface area contributed by atoms with Crippen LogP contribution < -0.4 is 5.32 Å². The fourth-order valence-electron chi connectivity index (χ4n) is 4.15.